The molecule has 0 radical (unpaired) electrons. The molecule has 0 saturated carbocycles. The molecule has 0 saturated heterocycles. The van der Waals surface area contributed by atoms with Gasteiger partial charge >= 0.3 is 0 Å². The normalized spacial score (nSPS) is 10.6. The molecule has 1 aromatic heterocycles. The molecule has 2 N–H and O–H groups in total. The molecular weight excluding hydrogens is 246 g/mol. The van der Waals surface area contributed by atoms with Crippen molar-refractivity contribution in [1.82, 2.24) is 10.1 Å². The summed E-state index contributed by atoms with van der Waals surface area (Å²) in [5.74, 6) is 2.07. The van der Waals surface area contributed by atoms with Gasteiger partial charge in [0.1, 0.15) is 0 Å². The first kappa shape index (κ1) is 13.4. The second kappa shape index (κ2) is 5.27. The molecule has 1 aromatic carbocycles. The number of hydrogen-bond acceptors (Lipinski definition) is 6. The summed E-state index contributed by atoms with van der Waals surface area (Å²) < 4.78 is 15.8. The molecule has 0 bridgehead atoms. The summed E-state index contributed by atoms with van der Waals surface area (Å²) in [5, 5.41) is 3.94. The lowest BCUT2D eigenvalue weighted by molar-refractivity contribution is 0.354. The predicted octanol–water partition coefficient (Wildman–Crippen LogP) is 1.83. The molecule has 6 nitrogen and oxygen atoms in total. The first-order chi connectivity index (χ1) is 9.12. The number of rotatable bonds is 4. The number of ether oxygens (including phenoxy) is 2. The maximum Gasteiger partial charge on any atom is 0.240 e. The fourth-order valence-corrected chi connectivity index (χ4v) is 1.92. The Hall–Kier alpha value is -2.08. The van der Waals surface area contributed by atoms with Crippen LogP contribution in [0.1, 0.15) is 17.0 Å². The van der Waals surface area contributed by atoms with Crippen molar-refractivity contribution < 1.29 is 14.0 Å². The number of aromatic nitrogens is 2. The predicted molar refractivity (Wildman–Crippen MR) is 70.2 cm³/mol. The summed E-state index contributed by atoms with van der Waals surface area (Å²) >= 11 is 0. The van der Waals surface area contributed by atoms with Gasteiger partial charge in [0.2, 0.25) is 11.7 Å². The molecule has 0 aliphatic heterocycles. The van der Waals surface area contributed by atoms with Crippen LogP contribution in [0.25, 0.3) is 11.4 Å². The van der Waals surface area contributed by atoms with Crippen LogP contribution in [0.4, 0.5) is 0 Å². The minimum absolute atomic E-state index is 0.206. The van der Waals surface area contributed by atoms with Crippen molar-refractivity contribution >= 4 is 0 Å². The molecule has 6 heteroatoms. The van der Waals surface area contributed by atoms with Gasteiger partial charge in [0, 0.05) is 0 Å². The first-order valence-corrected chi connectivity index (χ1v) is 5.87. The quantitative estimate of drug-likeness (QED) is 0.906. The minimum atomic E-state index is 0.206. The summed E-state index contributed by atoms with van der Waals surface area (Å²) in [6.07, 6.45) is 0. The zero-order valence-electron chi connectivity index (χ0n) is 11.5. The number of hydrogen-bond donors (Lipinski definition) is 1. The molecule has 2 rings (SSSR count). The van der Waals surface area contributed by atoms with E-state index < -0.39 is 0 Å². The average Bonchev–Trinajstić information content (AvgIpc) is 2.89. The number of methoxy groups -OCH3 is 2. The van der Waals surface area contributed by atoms with E-state index in [9.17, 15) is 0 Å². The zero-order chi connectivity index (χ0) is 14.0. The highest BCUT2D eigenvalue weighted by atomic mass is 16.5. The minimum Gasteiger partial charge on any atom is -0.493 e. The maximum atomic E-state index is 5.48. The van der Waals surface area contributed by atoms with Crippen molar-refractivity contribution in [3.05, 3.63) is 23.1 Å². The Bertz CT molecular complexity index is 593. The second-order valence-electron chi connectivity index (χ2n) is 4.14. The van der Waals surface area contributed by atoms with E-state index in [2.05, 4.69) is 10.1 Å². The molecule has 1 heterocycles. The molecule has 0 spiro atoms. The van der Waals surface area contributed by atoms with Crippen LogP contribution in [-0.2, 0) is 6.54 Å². The van der Waals surface area contributed by atoms with Crippen molar-refractivity contribution in [2.45, 2.75) is 20.4 Å². The van der Waals surface area contributed by atoms with E-state index in [0.717, 1.165) is 16.7 Å². The number of nitrogens with zero attached hydrogens (tertiary/aromatic N) is 2. The molecule has 2 aromatic rings. The summed E-state index contributed by atoms with van der Waals surface area (Å²) in [6.45, 7) is 4.17. The fraction of sp³-hybridized carbons (Fsp3) is 0.385. The lowest BCUT2D eigenvalue weighted by Gasteiger charge is -2.15. The fourth-order valence-electron chi connectivity index (χ4n) is 1.92. The molecule has 0 unspecified atom stereocenters. The van der Waals surface area contributed by atoms with Gasteiger partial charge < -0.3 is 19.7 Å². The number of nitrogens with two attached hydrogens (primary N) is 1. The molecule has 19 heavy (non-hydrogen) atoms. The van der Waals surface area contributed by atoms with Crippen LogP contribution in [0, 0.1) is 13.8 Å². The van der Waals surface area contributed by atoms with Crippen LogP contribution >= 0.6 is 0 Å². The van der Waals surface area contributed by atoms with Gasteiger partial charge in [-0.25, -0.2) is 0 Å². The third-order valence-electron chi connectivity index (χ3n) is 3.06. The average molecular weight is 263 g/mol. The Morgan fingerprint density at radius 2 is 2.00 bits per heavy atom. The molecular formula is C13H17N3O3. The van der Waals surface area contributed by atoms with Crippen LogP contribution < -0.4 is 15.2 Å². The van der Waals surface area contributed by atoms with Crippen molar-refractivity contribution in [3.8, 4) is 22.9 Å². The van der Waals surface area contributed by atoms with Crippen LogP contribution in [0.2, 0.25) is 0 Å². The van der Waals surface area contributed by atoms with Gasteiger partial charge in [-0.05, 0) is 31.0 Å². The Kier molecular flexibility index (Phi) is 3.71. The van der Waals surface area contributed by atoms with E-state index in [-0.39, 0.29) is 6.54 Å². The molecule has 0 amide bonds. The molecule has 102 valence electrons. The van der Waals surface area contributed by atoms with Crippen LogP contribution in [-0.4, -0.2) is 24.4 Å². The summed E-state index contributed by atoms with van der Waals surface area (Å²) in [4.78, 5) is 4.25. The van der Waals surface area contributed by atoms with Crippen molar-refractivity contribution in [2.75, 3.05) is 14.2 Å². The lowest BCUT2D eigenvalue weighted by Crippen LogP contribution is -2.00. The smallest absolute Gasteiger partial charge is 0.240 e. The van der Waals surface area contributed by atoms with E-state index in [0.29, 0.717) is 23.2 Å². The second-order valence-corrected chi connectivity index (χ2v) is 4.14. The Morgan fingerprint density at radius 1 is 1.26 bits per heavy atom. The van der Waals surface area contributed by atoms with Crippen LogP contribution in [0.5, 0.6) is 11.5 Å². The van der Waals surface area contributed by atoms with Crippen LogP contribution in [0.3, 0.4) is 0 Å². The van der Waals surface area contributed by atoms with E-state index in [1.54, 1.807) is 14.2 Å². The lowest BCUT2D eigenvalue weighted by atomic mass is 10.0. The summed E-state index contributed by atoms with van der Waals surface area (Å²) in [6, 6.07) is 1.92. The highest BCUT2D eigenvalue weighted by molar-refractivity contribution is 5.73. The molecule has 0 atom stereocenters. The van der Waals surface area contributed by atoms with Gasteiger partial charge in [-0.3, -0.25) is 0 Å². The monoisotopic (exact) mass is 263 g/mol. The third kappa shape index (κ3) is 2.26. The van der Waals surface area contributed by atoms with E-state index in [1.807, 2.05) is 19.9 Å². The number of aryl methyl sites for hydroxylation is 1. The number of benzene rings is 1. The van der Waals surface area contributed by atoms with Crippen molar-refractivity contribution in [3.63, 3.8) is 0 Å². The molecule has 0 aliphatic rings. The standard InChI is InChI=1S/C13H17N3O3/c1-7-5-9(17-3)12(18-4)11(8(7)2)13-15-10(6-14)19-16-13/h5H,6,14H2,1-4H3. The van der Waals surface area contributed by atoms with Crippen molar-refractivity contribution in [2.24, 2.45) is 5.73 Å². The van der Waals surface area contributed by atoms with Gasteiger partial charge in [-0.1, -0.05) is 5.16 Å². The Morgan fingerprint density at radius 3 is 2.53 bits per heavy atom. The summed E-state index contributed by atoms with van der Waals surface area (Å²) in [5.41, 5.74) is 8.33. The summed E-state index contributed by atoms with van der Waals surface area (Å²) in [7, 11) is 3.18. The van der Waals surface area contributed by atoms with Crippen LogP contribution in [0.15, 0.2) is 10.6 Å². The van der Waals surface area contributed by atoms with Gasteiger partial charge in [0.15, 0.2) is 11.5 Å². The third-order valence-corrected chi connectivity index (χ3v) is 3.06. The molecule has 0 aliphatic carbocycles. The Labute approximate surface area is 111 Å². The van der Waals surface area contributed by atoms with E-state index in [1.165, 1.54) is 0 Å². The highest BCUT2D eigenvalue weighted by Crippen LogP contribution is 2.40. The van der Waals surface area contributed by atoms with Crippen molar-refractivity contribution in [1.29, 1.82) is 0 Å². The Balaban J connectivity index is 2.69. The van der Waals surface area contributed by atoms with Gasteiger partial charge in [0.25, 0.3) is 0 Å². The SMILES string of the molecule is COc1cc(C)c(C)c(-c2noc(CN)n2)c1OC. The zero-order valence-corrected chi connectivity index (χ0v) is 11.5. The van der Waals surface area contributed by atoms with Gasteiger partial charge in [-0.2, -0.15) is 4.98 Å². The van der Waals surface area contributed by atoms with Gasteiger partial charge in [0.05, 0.1) is 26.3 Å². The largest absolute Gasteiger partial charge is 0.493 e. The highest BCUT2D eigenvalue weighted by Gasteiger charge is 2.21. The topological polar surface area (TPSA) is 83.4 Å². The van der Waals surface area contributed by atoms with E-state index >= 15 is 0 Å². The first-order valence-electron chi connectivity index (χ1n) is 5.87. The van der Waals surface area contributed by atoms with Gasteiger partial charge in [-0.15, -0.1) is 0 Å². The maximum absolute atomic E-state index is 5.48. The van der Waals surface area contributed by atoms with E-state index in [4.69, 9.17) is 19.7 Å². The molecule has 0 fully saturated rings.